The number of benzene rings is 1. The molecule has 1 amide bonds. The summed E-state index contributed by atoms with van der Waals surface area (Å²) in [5.41, 5.74) is 0.145. The van der Waals surface area contributed by atoms with Crippen LogP contribution in [0.1, 0.15) is 26.3 Å². The first-order chi connectivity index (χ1) is 9.23. The molecule has 1 aromatic carbocycles. The SMILES string of the molecule is CC(C)(C)OC(=O)N(CCO)Cc1ccc(F)c(Br)c1. The normalized spacial score (nSPS) is 11.3. The second-order valence-electron chi connectivity index (χ2n) is 5.37. The highest BCUT2D eigenvalue weighted by Gasteiger charge is 2.22. The van der Waals surface area contributed by atoms with Crippen molar-refractivity contribution >= 4 is 22.0 Å². The van der Waals surface area contributed by atoms with Crippen molar-refractivity contribution in [2.45, 2.75) is 32.9 Å². The molecule has 0 aromatic heterocycles. The molecule has 0 aliphatic rings. The Morgan fingerprint density at radius 1 is 1.45 bits per heavy atom. The number of aliphatic hydroxyl groups excluding tert-OH is 1. The number of hydrogen-bond acceptors (Lipinski definition) is 3. The van der Waals surface area contributed by atoms with Crippen LogP contribution in [0.4, 0.5) is 9.18 Å². The molecular weight excluding hydrogens is 329 g/mol. The maximum Gasteiger partial charge on any atom is 0.410 e. The van der Waals surface area contributed by atoms with Gasteiger partial charge in [-0.2, -0.15) is 0 Å². The minimum absolute atomic E-state index is 0.157. The fourth-order valence-electron chi connectivity index (χ4n) is 1.54. The highest BCUT2D eigenvalue weighted by Crippen LogP contribution is 2.19. The van der Waals surface area contributed by atoms with Gasteiger partial charge in [-0.3, -0.25) is 0 Å². The summed E-state index contributed by atoms with van der Waals surface area (Å²) in [5, 5.41) is 9.04. The number of halogens is 2. The average Bonchev–Trinajstić information content (AvgIpc) is 2.31. The molecule has 0 saturated heterocycles. The summed E-state index contributed by atoms with van der Waals surface area (Å²) in [6.07, 6.45) is -0.507. The van der Waals surface area contributed by atoms with Gasteiger partial charge in [-0.05, 0) is 54.4 Å². The molecule has 0 heterocycles. The zero-order chi connectivity index (χ0) is 15.3. The molecule has 1 aromatic rings. The number of hydrogen-bond donors (Lipinski definition) is 1. The van der Waals surface area contributed by atoms with E-state index in [0.717, 1.165) is 5.56 Å². The van der Waals surface area contributed by atoms with Crippen LogP contribution in [0.5, 0.6) is 0 Å². The third-order valence-corrected chi connectivity index (χ3v) is 2.99. The third-order valence-electron chi connectivity index (χ3n) is 2.38. The molecule has 6 heteroatoms. The lowest BCUT2D eigenvalue weighted by Gasteiger charge is -2.27. The van der Waals surface area contributed by atoms with Crippen LogP contribution in [0.25, 0.3) is 0 Å². The summed E-state index contributed by atoms with van der Waals surface area (Å²) in [7, 11) is 0. The van der Waals surface area contributed by atoms with Gasteiger partial charge < -0.3 is 14.7 Å². The third kappa shape index (κ3) is 5.46. The van der Waals surface area contributed by atoms with Gasteiger partial charge in [-0.25, -0.2) is 9.18 Å². The molecule has 1 rings (SSSR count). The fourth-order valence-corrected chi connectivity index (χ4v) is 1.97. The van der Waals surface area contributed by atoms with Crippen LogP contribution in [0.3, 0.4) is 0 Å². The minimum atomic E-state index is -0.603. The maximum atomic E-state index is 13.2. The molecule has 0 atom stereocenters. The molecule has 0 fully saturated rings. The quantitative estimate of drug-likeness (QED) is 0.908. The van der Waals surface area contributed by atoms with Crippen molar-refractivity contribution in [2.24, 2.45) is 0 Å². The van der Waals surface area contributed by atoms with Gasteiger partial charge in [0.1, 0.15) is 11.4 Å². The van der Waals surface area contributed by atoms with Gasteiger partial charge in [0.05, 0.1) is 11.1 Å². The van der Waals surface area contributed by atoms with Crippen LogP contribution in [0, 0.1) is 5.82 Å². The Morgan fingerprint density at radius 2 is 2.10 bits per heavy atom. The molecule has 0 aliphatic carbocycles. The van der Waals surface area contributed by atoms with Crippen LogP contribution in [-0.2, 0) is 11.3 Å². The summed E-state index contributed by atoms with van der Waals surface area (Å²) in [5.74, 6) is -0.361. The monoisotopic (exact) mass is 347 g/mol. The van der Waals surface area contributed by atoms with Crippen molar-refractivity contribution in [2.75, 3.05) is 13.2 Å². The number of nitrogens with zero attached hydrogens (tertiary/aromatic N) is 1. The highest BCUT2D eigenvalue weighted by molar-refractivity contribution is 9.10. The first-order valence-corrected chi connectivity index (χ1v) is 7.05. The molecule has 20 heavy (non-hydrogen) atoms. The van der Waals surface area contributed by atoms with Crippen LogP contribution >= 0.6 is 15.9 Å². The molecule has 0 saturated carbocycles. The summed E-state index contributed by atoms with van der Waals surface area (Å²) >= 11 is 3.10. The van der Waals surface area contributed by atoms with E-state index < -0.39 is 11.7 Å². The van der Waals surface area contributed by atoms with Gasteiger partial charge in [0.25, 0.3) is 0 Å². The van der Waals surface area contributed by atoms with Crippen molar-refractivity contribution in [3.8, 4) is 0 Å². The van der Waals surface area contributed by atoms with Crippen molar-refractivity contribution in [3.63, 3.8) is 0 Å². The highest BCUT2D eigenvalue weighted by atomic mass is 79.9. The van der Waals surface area contributed by atoms with Crippen LogP contribution in [0.15, 0.2) is 22.7 Å². The smallest absolute Gasteiger partial charge is 0.410 e. The number of carbonyl (C=O) groups excluding carboxylic acids is 1. The van der Waals surface area contributed by atoms with E-state index in [9.17, 15) is 9.18 Å². The Balaban J connectivity index is 2.80. The fraction of sp³-hybridized carbons (Fsp3) is 0.500. The van der Waals surface area contributed by atoms with Crippen LogP contribution in [0.2, 0.25) is 0 Å². The second-order valence-corrected chi connectivity index (χ2v) is 6.23. The number of rotatable bonds is 4. The minimum Gasteiger partial charge on any atom is -0.444 e. The number of amides is 1. The number of ether oxygens (including phenoxy) is 1. The van der Waals surface area contributed by atoms with E-state index in [1.807, 2.05) is 0 Å². The Hall–Kier alpha value is -1.14. The number of carbonyl (C=O) groups is 1. The number of aliphatic hydroxyl groups is 1. The topological polar surface area (TPSA) is 49.8 Å². The summed E-state index contributed by atoms with van der Waals surface area (Å²) in [6.45, 7) is 5.56. The standard InChI is InChI=1S/C14H19BrFNO3/c1-14(2,3)20-13(19)17(6-7-18)9-10-4-5-12(16)11(15)8-10/h4-5,8,18H,6-7,9H2,1-3H3. The zero-order valence-corrected chi connectivity index (χ0v) is 13.4. The van der Waals surface area contributed by atoms with E-state index in [0.29, 0.717) is 4.47 Å². The molecule has 4 nitrogen and oxygen atoms in total. The van der Waals surface area contributed by atoms with Crippen LogP contribution in [-0.4, -0.2) is 34.9 Å². The lowest BCUT2D eigenvalue weighted by molar-refractivity contribution is 0.0201. The summed E-state index contributed by atoms with van der Waals surface area (Å²) < 4.78 is 18.8. The molecule has 0 unspecified atom stereocenters. The summed E-state index contributed by atoms with van der Waals surface area (Å²) in [6, 6.07) is 4.52. The molecule has 0 radical (unpaired) electrons. The van der Waals surface area contributed by atoms with Crippen molar-refractivity contribution < 1.29 is 19.0 Å². The first-order valence-electron chi connectivity index (χ1n) is 6.25. The van der Waals surface area contributed by atoms with Crippen molar-refractivity contribution in [1.82, 2.24) is 4.90 Å². The van der Waals surface area contributed by atoms with E-state index in [2.05, 4.69) is 15.9 Å². The molecule has 1 N–H and O–H groups in total. The largest absolute Gasteiger partial charge is 0.444 e. The molecule has 112 valence electrons. The van der Waals surface area contributed by atoms with Gasteiger partial charge >= 0.3 is 6.09 Å². The Morgan fingerprint density at radius 3 is 2.60 bits per heavy atom. The van der Waals surface area contributed by atoms with Crippen molar-refractivity contribution in [3.05, 3.63) is 34.1 Å². The van der Waals surface area contributed by atoms with E-state index in [1.165, 1.54) is 11.0 Å². The van der Waals surface area contributed by atoms with E-state index in [-0.39, 0.29) is 25.5 Å². The Kier molecular flexibility index (Phi) is 5.95. The zero-order valence-electron chi connectivity index (χ0n) is 11.8. The van der Waals surface area contributed by atoms with Gasteiger partial charge in [0, 0.05) is 13.1 Å². The van der Waals surface area contributed by atoms with Gasteiger partial charge in [0.15, 0.2) is 0 Å². The maximum absolute atomic E-state index is 13.2. The van der Waals surface area contributed by atoms with Gasteiger partial charge in [-0.1, -0.05) is 6.07 Å². The molecule has 0 spiro atoms. The van der Waals surface area contributed by atoms with Gasteiger partial charge in [0.2, 0.25) is 0 Å². The Labute approximate surface area is 126 Å². The second kappa shape index (κ2) is 7.04. The van der Waals surface area contributed by atoms with Crippen molar-refractivity contribution in [1.29, 1.82) is 0 Å². The first kappa shape index (κ1) is 16.9. The van der Waals surface area contributed by atoms with E-state index in [4.69, 9.17) is 9.84 Å². The van der Waals surface area contributed by atoms with Gasteiger partial charge in [-0.15, -0.1) is 0 Å². The molecule has 0 bridgehead atoms. The Bertz CT molecular complexity index is 474. The van der Waals surface area contributed by atoms with E-state index in [1.54, 1.807) is 32.9 Å². The predicted octanol–water partition coefficient (Wildman–Crippen LogP) is 3.32. The average molecular weight is 348 g/mol. The molecule has 0 aliphatic heterocycles. The lowest BCUT2D eigenvalue weighted by Crippen LogP contribution is -2.38. The lowest BCUT2D eigenvalue weighted by atomic mass is 10.2. The predicted molar refractivity (Wildman–Crippen MR) is 77.8 cm³/mol. The van der Waals surface area contributed by atoms with Crippen LogP contribution < -0.4 is 0 Å². The summed E-state index contributed by atoms with van der Waals surface area (Å²) in [4.78, 5) is 13.4. The molecular formula is C14H19BrFNO3. The van der Waals surface area contributed by atoms with E-state index >= 15 is 0 Å².